The minimum Gasteiger partial charge on any atom is -0.467 e. The molecule has 1 saturated heterocycles. The molecule has 1 fully saturated rings. The predicted molar refractivity (Wildman–Crippen MR) is 108 cm³/mol. The Kier molecular flexibility index (Phi) is 7.95. The average Bonchev–Trinajstić information content (AvgIpc) is 2.66. The Labute approximate surface area is 169 Å². The molecule has 0 aromatic heterocycles. The number of aliphatic hydroxyl groups excluding tert-OH is 1. The quantitative estimate of drug-likeness (QED) is 0.551. The summed E-state index contributed by atoms with van der Waals surface area (Å²) in [5.74, 6) is 11.3. The molecule has 0 aliphatic carbocycles. The van der Waals surface area contributed by atoms with Crippen LogP contribution in [0.15, 0.2) is 24.3 Å². The molecule has 2 atom stereocenters. The molecule has 1 aromatic rings. The number of aliphatic hydroxyl groups is 1. The Morgan fingerprint density at radius 3 is 2.43 bits per heavy atom. The summed E-state index contributed by atoms with van der Waals surface area (Å²) in [6.07, 6.45) is -0.104. The minimum atomic E-state index is -0.875. The van der Waals surface area contributed by atoms with Crippen molar-refractivity contribution in [3.8, 4) is 23.7 Å². The van der Waals surface area contributed by atoms with Gasteiger partial charge in [-0.1, -0.05) is 11.8 Å². The molecule has 1 aliphatic rings. The number of rotatable bonds is 6. The Hall–Kier alpha value is -2.45. The molecule has 7 heteroatoms. The van der Waals surface area contributed by atoms with Gasteiger partial charge in [-0.15, -0.1) is 0 Å². The first kappa shape index (κ1) is 21.8. The second-order valence-electron chi connectivity index (χ2n) is 6.37. The van der Waals surface area contributed by atoms with Gasteiger partial charge in [0.15, 0.2) is 6.04 Å². The maximum atomic E-state index is 12.6. The normalized spacial score (nSPS) is 16.1. The summed E-state index contributed by atoms with van der Waals surface area (Å²) in [5.41, 5.74) is 0.359. The van der Waals surface area contributed by atoms with Crippen molar-refractivity contribution < 1.29 is 24.2 Å². The molecule has 1 heterocycles. The van der Waals surface area contributed by atoms with Crippen molar-refractivity contribution in [3.63, 3.8) is 0 Å². The van der Waals surface area contributed by atoms with E-state index in [2.05, 4.69) is 29.0 Å². The van der Waals surface area contributed by atoms with E-state index < -0.39 is 23.7 Å². The van der Waals surface area contributed by atoms with Crippen LogP contribution >= 0.6 is 11.8 Å². The van der Waals surface area contributed by atoms with E-state index in [1.54, 1.807) is 43.0 Å². The molecule has 0 radical (unpaired) electrons. The van der Waals surface area contributed by atoms with E-state index in [0.717, 1.165) is 0 Å². The fourth-order valence-electron chi connectivity index (χ4n) is 2.49. The number of methoxy groups -OCH3 is 2. The lowest BCUT2D eigenvalue weighted by Gasteiger charge is -2.44. The van der Waals surface area contributed by atoms with Gasteiger partial charge in [0.1, 0.15) is 5.60 Å². The van der Waals surface area contributed by atoms with Crippen LogP contribution in [0.1, 0.15) is 29.3 Å². The first-order chi connectivity index (χ1) is 13.4. The summed E-state index contributed by atoms with van der Waals surface area (Å²) in [6, 6.07) is 5.80. The number of carbonyl (C=O) groups is 2. The van der Waals surface area contributed by atoms with Crippen molar-refractivity contribution in [1.82, 2.24) is 5.32 Å². The zero-order valence-electron chi connectivity index (χ0n) is 16.1. The molecule has 1 aliphatic heterocycles. The van der Waals surface area contributed by atoms with Crippen LogP contribution in [0.3, 0.4) is 0 Å². The second kappa shape index (κ2) is 10.2. The molecule has 2 unspecified atom stereocenters. The summed E-state index contributed by atoms with van der Waals surface area (Å²) in [4.78, 5) is 24.8. The molecule has 0 saturated carbocycles. The lowest BCUT2D eigenvalue weighted by atomic mass is 9.96. The number of ether oxygens (including phenoxy) is 2. The number of thioether (sulfide) groups is 1. The number of hydrogen-bond donors (Lipinski definition) is 2. The van der Waals surface area contributed by atoms with Crippen LogP contribution in [0.5, 0.6) is 0 Å². The molecular weight excluding hydrogens is 378 g/mol. The number of nitrogens with one attached hydrogen (secondary N) is 1. The first-order valence-corrected chi connectivity index (χ1v) is 9.86. The van der Waals surface area contributed by atoms with Gasteiger partial charge in [-0.25, -0.2) is 4.79 Å². The standard InChI is InChI=1S/C21H23NO5S/c1-15(23)7-5-4-6-8-16-9-11-17(12-10-16)19(24)22-18(20(25)26-2)21(27-3)13-28-14-21/h9-12,15,18,23H,7,13-14H2,1-3H3,(H,22,24). The first-order valence-electron chi connectivity index (χ1n) is 8.70. The molecule has 28 heavy (non-hydrogen) atoms. The number of hydrogen-bond acceptors (Lipinski definition) is 6. The smallest absolute Gasteiger partial charge is 0.331 e. The Bertz CT molecular complexity index is 817. The SMILES string of the molecule is COC(=O)C(NC(=O)c1ccc(C#CC#CCC(C)O)cc1)C1(OC)CSC1. The van der Waals surface area contributed by atoms with Crippen molar-refractivity contribution in [1.29, 1.82) is 0 Å². The van der Waals surface area contributed by atoms with Gasteiger partial charge >= 0.3 is 5.97 Å². The highest BCUT2D eigenvalue weighted by molar-refractivity contribution is 8.00. The van der Waals surface area contributed by atoms with Gasteiger partial charge in [-0.3, -0.25) is 4.79 Å². The molecule has 1 amide bonds. The Morgan fingerprint density at radius 1 is 1.25 bits per heavy atom. The van der Waals surface area contributed by atoms with E-state index in [9.17, 15) is 9.59 Å². The van der Waals surface area contributed by atoms with Crippen LogP contribution in [0.2, 0.25) is 0 Å². The highest BCUT2D eigenvalue weighted by Gasteiger charge is 2.50. The van der Waals surface area contributed by atoms with Crippen LogP contribution in [-0.4, -0.2) is 60.5 Å². The second-order valence-corrected chi connectivity index (χ2v) is 7.36. The largest absolute Gasteiger partial charge is 0.467 e. The molecule has 6 nitrogen and oxygen atoms in total. The molecule has 148 valence electrons. The fraction of sp³-hybridized carbons (Fsp3) is 0.429. The highest BCUT2D eigenvalue weighted by Crippen LogP contribution is 2.36. The van der Waals surface area contributed by atoms with Gasteiger partial charge in [0.2, 0.25) is 0 Å². The third-order valence-corrected chi connectivity index (χ3v) is 5.63. The fourth-order valence-corrected chi connectivity index (χ4v) is 3.67. The van der Waals surface area contributed by atoms with Crippen LogP contribution in [-0.2, 0) is 14.3 Å². The Morgan fingerprint density at radius 2 is 1.93 bits per heavy atom. The zero-order valence-corrected chi connectivity index (χ0v) is 16.9. The van der Waals surface area contributed by atoms with E-state index in [0.29, 0.717) is 29.1 Å². The van der Waals surface area contributed by atoms with E-state index in [1.165, 1.54) is 14.2 Å². The summed E-state index contributed by atoms with van der Waals surface area (Å²) in [7, 11) is 2.81. The maximum absolute atomic E-state index is 12.6. The summed E-state index contributed by atoms with van der Waals surface area (Å²) in [5, 5.41) is 11.9. The zero-order chi connectivity index (χ0) is 20.6. The number of carbonyl (C=O) groups excluding carboxylic acids is 2. The summed E-state index contributed by atoms with van der Waals surface area (Å²) >= 11 is 1.64. The maximum Gasteiger partial charge on any atom is 0.331 e. The van der Waals surface area contributed by atoms with E-state index >= 15 is 0 Å². The van der Waals surface area contributed by atoms with Crippen molar-refractivity contribution >= 4 is 23.6 Å². The molecule has 0 spiro atoms. The van der Waals surface area contributed by atoms with Crippen molar-refractivity contribution in [2.75, 3.05) is 25.7 Å². The molecule has 2 N–H and O–H groups in total. The number of benzene rings is 1. The van der Waals surface area contributed by atoms with Crippen LogP contribution < -0.4 is 5.32 Å². The number of esters is 1. The van der Waals surface area contributed by atoms with Crippen molar-refractivity contribution in [2.45, 2.75) is 31.1 Å². The predicted octanol–water partition coefficient (Wildman–Crippen LogP) is 1.22. The molecule has 2 rings (SSSR count). The summed E-state index contributed by atoms with van der Waals surface area (Å²) in [6.45, 7) is 1.66. The van der Waals surface area contributed by atoms with E-state index in [1.807, 2.05) is 0 Å². The topological polar surface area (TPSA) is 84.9 Å². The van der Waals surface area contributed by atoms with Crippen molar-refractivity contribution in [3.05, 3.63) is 35.4 Å². The number of amides is 1. The van der Waals surface area contributed by atoms with Crippen LogP contribution in [0.25, 0.3) is 0 Å². The molecule has 0 bridgehead atoms. The van der Waals surface area contributed by atoms with Gasteiger partial charge in [0.25, 0.3) is 5.91 Å². The third kappa shape index (κ3) is 5.53. The molecule has 1 aromatic carbocycles. The molecular formula is C21H23NO5S. The summed E-state index contributed by atoms with van der Waals surface area (Å²) < 4.78 is 10.4. The van der Waals surface area contributed by atoms with E-state index in [4.69, 9.17) is 14.6 Å². The van der Waals surface area contributed by atoms with E-state index in [-0.39, 0.29) is 5.91 Å². The monoisotopic (exact) mass is 401 g/mol. The average molecular weight is 401 g/mol. The van der Waals surface area contributed by atoms with Crippen molar-refractivity contribution in [2.24, 2.45) is 0 Å². The lowest BCUT2D eigenvalue weighted by molar-refractivity contribution is -0.150. The van der Waals surface area contributed by atoms with Gasteiger partial charge in [-0.2, -0.15) is 11.8 Å². The minimum absolute atomic E-state index is 0.372. The lowest BCUT2D eigenvalue weighted by Crippen LogP contribution is -2.65. The van der Waals surface area contributed by atoms with Gasteiger partial charge in [0, 0.05) is 36.2 Å². The Balaban J connectivity index is 2.06. The van der Waals surface area contributed by atoms with Gasteiger partial charge in [-0.05, 0) is 43.0 Å². The van der Waals surface area contributed by atoms with Crippen LogP contribution in [0.4, 0.5) is 0 Å². The van der Waals surface area contributed by atoms with Crippen LogP contribution in [0, 0.1) is 23.7 Å². The highest BCUT2D eigenvalue weighted by atomic mass is 32.2. The third-order valence-electron chi connectivity index (χ3n) is 4.24. The van der Waals surface area contributed by atoms with Gasteiger partial charge in [0.05, 0.1) is 13.2 Å². The van der Waals surface area contributed by atoms with Gasteiger partial charge < -0.3 is 19.9 Å².